The van der Waals surface area contributed by atoms with Crippen molar-refractivity contribution in [1.82, 2.24) is 52.7 Å². The molecule has 59 heteroatoms. The Kier molecular flexibility index (Phi) is 39.8. The van der Waals surface area contributed by atoms with Gasteiger partial charge >= 0.3 is 179 Å². The number of hydrogen-bond acceptors (Lipinski definition) is 52. The Morgan fingerprint density at radius 3 is 0.899 bits per heavy atom. The number of carbonyl (C=O) groups excluding carboxylic acids is 5. The van der Waals surface area contributed by atoms with E-state index in [1.54, 1.807) is 45.7 Å². The molecule has 11 heterocycles. The number of thiol groups is 1. The predicted molar refractivity (Wildman–Crippen MR) is 474 cm³/mol. The maximum absolute atomic E-state index is 12.4. The number of carbonyl (C=O) groups is 5. The number of nitrogens with one attached hydrogen (secondary N) is 6. The third-order valence-corrected chi connectivity index (χ3v) is 22.7. The average molecular weight is 2050 g/mol. The van der Waals surface area contributed by atoms with Gasteiger partial charge in [-0.15, -0.1) is 0 Å². The number of nitrogens with two attached hydrogens (primary N) is 5. The van der Waals surface area contributed by atoms with E-state index in [0.29, 0.717) is 5.32 Å². The molecule has 3 aromatic carbocycles. The summed E-state index contributed by atoms with van der Waals surface area (Å²) < 4.78 is 57.3. The van der Waals surface area contributed by atoms with Gasteiger partial charge in [0.15, 0.2) is 48.2 Å². The van der Waals surface area contributed by atoms with Crippen LogP contribution in [0.25, 0.3) is 10.9 Å². The number of benzene rings is 3. The molecule has 57 nitrogen and oxygen atoms in total. The van der Waals surface area contributed by atoms with Gasteiger partial charge in [-0.2, -0.15) is 32.6 Å². The molecule has 5 fully saturated rings. The number of aliphatic hydroxyl groups is 10. The van der Waals surface area contributed by atoms with E-state index in [1.807, 2.05) is 54.6 Å². The number of anilines is 5. The molecule has 0 amide bonds. The molecule has 32 N–H and O–H groups in total. The summed E-state index contributed by atoms with van der Waals surface area (Å²) in [5, 5.41) is 156. The van der Waals surface area contributed by atoms with E-state index in [0.717, 1.165) is 50.4 Å². The number of aliphatic hydroxyl groups excluding tert-OH is 10. The summed E-state index contributed by atoms with van der Waals surface area (Å²) in [7, 11) is 0. The second-order valence-corrected chi connectivity index (χ2v) is 32.1. The van der Waals surface area contributed by atoms with E-state index in [1.165, 1.54) is 73.4 Å². The first-order chi connectivity index (χ1) is 66.3. The summed E-state index contributed by atoms with van der Waals surface area (Å²) in [6.45, 7) is -1.79. The fraction of sp³-hybridized carbons (Fsp3) is 0.438. The number of aromatic nitrogens is 11. The number of esters is 5. The fourth-order valence-electron chi connectivity index (χ4n) is 13.9. The summed E-state index contributed by atoms with van der Waals surface area (Å²) in [5.74, 6) is -3.77. The van der Waals surface area contributed by atoms with Crippen LogP contribution in [0.1, 0.15) is 47.8 Å². The van der Waals surface area contributed by atoms with Gasteiger partial charge in [0.05, 0.1) is 0 Å². The maximum atomic E-state index is 12.4. The largest absolute Gasteiger partial charge is 0.508 e. The van der Waals surface area contributed by atoms with Crippen LogP contribution in [-0.2, 0) is 90.6 Å². The van der Waals surface area contributed by atoms with Gasteiger partial charge in [0.1, 0.15) is 130 Å². The molecular weight excluding hydrogens is 1940 g/mol. The van der Waals surface area contributed by atoms with Crippen LogP contribution in [0.3, 0.4) is 0 Å². The summed E-state index contributed by atoms with van der Waals surface area (Å²) >= 11 is 6.02. The second kappa shape index (κ2) is 51.0. The second-order valence-electron chi connectivity index (χ2n) is 31.0. The predicted octanol–water partition coefficient (Wildman–Crippen LogP) is -9.17. The molecule has 14 rings (SSSR count). The Morgan fingerprint density at radius 2 is 0.626 bits per heavy atom. The number of ether oxygens (including phenoxy) is 10. The minimum atomic E-state index is -1.48. The van der Waals surface area contributed by atoms with E-state index in [-0.39, 0.29) is 86.3 Å². The SMILES string of the molecule is N[C@@H](CS)C(=O)OC[C@H]1O[C@@H](n2ccc(NO)nc2=O)[C@H](O)[C@@H]1O.N[C@@H](C[SeH])C(=O)OC[C@H]1O[C@@H](n2ccc(NO)nc2=O)[C@H](O)[C@@H]1O.N[C@@H](Cc1c[nH]c2ccccc12)C(=O)OC[C@H]1O[C@@H](n2ccc(NO)nc2=O)[C@H](O)[C@@H]1O.N[C@@H](Cc1ccc(O)cc1)C(=O)OC[C@H]1O[C@@H](n2ccc(NO)nc2=O)[C@H](O)[C@@H]1O.N[C@@H](Cc1ccccc1)C(=O)OC[C@H]1O[C@@H](n2ccc(NO)nc2=O)[C@H](O)[C@@H]1O. The minimum absolute atomic E-state index is 0.0817. The molecule has 6 aromatic heterocycles. The van der Waals surface area contributed by atoms with Crippen molar-refractivity contribution < 1.29 is 154 Å². The van der Waals surface area contributed by atoms with Gasteiger partial charge in [-0.25, -0.2) is 19.2 Å². The van der Waals surface area contributed by atoms with Crippen LogP contribution in [0.4, 0.5) is 29.1 Å². The Labute approximate surface area is 794 Å². The number of phenols is 1. The standard InChI is InChI=1S/C20H23N5O7.C18H22N4O8.C18H22N4O7.C12H18N4O7S.C12H18N4O7Se/c21-12(7-10-8-22-13-4-2-1-3-11(10)13)19(28)31-9-14-16(26)17(27)18(32-14)25-6-5-15(24-30)23-20(25)29;19-11(7-9-1-3-10(23)4-2-9)17(26)29-8-12-14(24)15(25)16(30-12)22-6-5-13(21-28)20-18(22)27;19-11(8-10-4-2-1-3-5-10)17(25)28-9-12-14(23)15(24)16(29-12)22-7-6-13(21-27)20-18(22)26;2*13-5(4-24)11(19)22-3-6-8(17)9(18)10(23-6)16-2-1-7(15-21)14-12(16)20/h1-6,8,12,14,16-18,22,26-27,30H,7,9,21H2,(H,23,24,29);1-6,11-12,14-16,23-25,28H,7-8,19H2,(H,20,21,27);1-7,11-12,14-16,23-24,27H,8-9,19H2,(H,20,21,26);2*1-2,5-6,8-10,17-18,21,24H,3-4,13H2,(H,14,15,20)/t12-,14+,16+,17+,18+;2*11-,12+,14+,15+,16+;2*5-,6+,8+,9+,10+/m00000/s1. The Morgan fingerprint density at radius 1 is 0.367 bits per heavy atom. The van der Waals surface area contributed by atoms with E-state index < -0.39 is 218 Å². The summed E-state index contributed by atoms with van der Waals surface area (Å²) in [4.78, 5) is 140. The number of para-hydroxylation sites is 1. The number of hydrogen-bond donors (Lipinski definition) is 28. The van der Waals surface area contributed by atoms with Crippen LogP contribution in [0.5, 0.6) is 5.75 Å². The van der Waals surface area contributed by atoms with Crippen molar-refractivity contribution in [3.05, 3.63) is 215 Å². The van der Waals surface area contributed by atoms with Crippen molar-refractivity contribution in [2.75, 3.05) is 66.2 Å². The molecule has 0 aliphatic carbocycles. The molecule has 0 spiro atoms. The van der Waals surface area contributed by atoms with Crippen molar-refractivity contribution >= 4 is 98.5 Å². The van der Waals surface area contributed by atoms with Gasteiger partial charge in [-0.3, -0.25) is 90.9 Å². The quantitative estimate of drug-likeness (QED) is 0.00597. The Hall–Kier alpha value is -12.4. The van der Waals surface area contributed by atoms with E-state index >= 15 is 0 Å². The molecule has 25 atom stereocenters. The molecule has 0 unspecified atom stereocenters. The Balaban J connectivity index is 0.000000180. The van der Waals surface area contributed by atoms with Crippen LogP contribution < -0.4 is 84.5 Å². The van der Waals surface area contributed by atoms with Crippen LogP contribution in [0, 0.1) is 0 Å². The summed E-state index contributed by atoms with van der Waals surface area (Å²) in [6, 6.07) is 24.8. The average Bonchev–Trinajstić information content (AvgIpc) is 1.67. The molecule has 139 heavy (non-hydrogen) atoms. The number of fused-ring (bicyclic) bond motifs is 1. The van der Waals surface area contributed by atoms with Crippen LogP contribution >= 0.6 is 12.6 Å². The molecule has 0 radical (unpaired) electrons. The van der Waals surface area contributed by atoms with Crippen LogP contribution in [-0.4, -0.2) is 341 Å². The van der Waals surface area contributed by atoms with E-state index in [2.05, 4.69) is 58.5 Å². The van der Waals surface area contributed by atoms with Gasteiger partial charge in [-0.1, -0.05) is 60.7 Å². The molecule has 5 saturated heterocycles. The zero-order chi connectivity index (χ0) is 101. The smallest absolute Gasteiger partial charge is 0.351 e. The fourth-order valence-corrected chi connectivity index (χ4v) is 14.3. The van der Waals surface area contributed by atoms with Crippen molar-refractivity contribution in [1.29, 1.82) is 0 Å². The van der Waals surface area contributed by atoms with Crippen LogP contribution in [0.2, 0.25) is 5.32 Å². The van der Waals surface area contributed by atoms with Crippen molar-refractivity contribution in [2.45, 2.75) is 177 Å². The number of phenolic OH excluding ortho intramolecular Hbond substituents is 1. The minimum Gasteiger partial charge on any atom is -0.508 e. The number of aromatic hydroxyl groups is 1. The molecule has 756 valence electrons. The third-order valence-electron chi connectivity index (χ3n) is 21.4. The zero-order valence-corrected chi connectivity index (χ0v) is 75.2. The normalized spacial score (nSPS) is 25.5. The van der Waals surface area contributed by atoms with Gasteiger partial charge in [0.2, 0.25) is 0 Å². The Bertz CT molecular complexity index is 5780. The first kappa shape index (κ1) is 109. The van der Waals surface area contributed by atoms with Gasteiger partial charge in [0.25, 0.3) is 0 Å². The van der Waals surface area contributed by atoms with Crippen molar-refractivity contribution in [3.63, 3.8) is 0 Å². The molecule has 9 aromatic rings. The molecule has 0 saturated carbocycles. The third kappa shape index (κ3) is 28.0. The zero-order valence-electron chi connectivity index (χ0n) is 72.4. The number of rotatable bonds is 33. The van der Waals surface area contributed by atoms with Crippen molar-refractivity contribution in [2.24, 2.45) is 28.7 Å². The van der Waals surface area contributed by atoms with Gasteiger partial charge < -0.3 is 112 Å². The van der Waals surface area contributed by atoms with Gasteiger partial charge in [0, 0.05) is 54.1 Å². The first-order valence-electron chi connectivity index (χ1n) is 41.6. The summed E-state index contributed by atoms with van der Waals surface area (Å²) in [6.07, 6.45) is -17.2. The van der Waals surface area contributed by atoms with Crippen LogP contribution in [0.15, 0.2) is 170 Å². The maximum Gasteiger partial charge on any atom is 0.351 e. The molecule has 0 bridgehead atoms. The van der Waals surface area contributed by atoms with E-state index in [9.17, 15) is 104 Å². The molecule has 5 aliphatic rings. The van der Waals surface area contributed by atoms with Crippen molar-refractivity contribution in [3.8, 4) is 5.75 Å². The van der Waals surface area contributed by atoms with Gasteiger partial charge in [-0.05, 0) is 72.0 Å². The number of aromatic amines is 1. The molecular formula is C80H103N21O36SSe. The molecule has 5 aliphatic heterocycles. The summed E-state index contributed by atoms with van der Waals surface area (Å²) in [5.41, 5.74) is 36.5. The topological polar surface area (TPSA) is 882 Å². The first-order valence-corrected chi connectivity index (χ1v) is 43.6. The van der Waals surface area contributed by atoms with E-state index in [4.69, 9.17) is 102 Å². The monoisotopic (exact) mass is 2050 g/mol. The number of nitrogens with zero attached hydrogens (tertiary/aromatic N) is 10. The number of H-pyrrole nitrogens is 1.